The number of fused-ring (bicyclic) bond motifs is 1. The van der Waals surface area contributed by atoms with Gasteiger partial charge in [-0.3, -0.25) is 14.7 Å². The lowest BCUT2D eigenvalue weighted by molar-refractivity contribution is 0.172. The van der Waals surface area contributed by atoms with Crippen molar-refractivity contribution in [2.45, 2.75) is 19.5 Å². The number of anilines is 1. The van der Waals surface area contributed by atoms with Gasteiger partial charge in [0.1, 0.15) is 5.39 Å². The minimum absolute atomic E-state index is 0.295. The van der Waals surface area contributed by atoms with Gasteiger partial charge < -0.3 is 19.1 Å². The van der Waals surface area contributed by atoms with Crippen molar-refractivity contribution in [1.29, 1.82) is 0 Å². The van der Waals surface area contributed by atoms with Gasteiger partial charge in [-0.15, -0.1) is 0 Å². The Morgan fingerprint density at radius 2 is 1.81 bits per heavy atom. The van der Waals surface area contributed by atoms with Gasteiger partial charge in [0.15, 0.2) is 11.5 Å². The fourth-order valence-corrected chi connectivity index (χ4v) is 3.91. The summed E-state index contributed by atoms with van der Waals surface area (Å²) >= 11 is 0. The van der Waals surface area contributed by atoms with Crippen LogP contribution in [0.25, 0.3) is 10.9 Å². The maximum Gasteiger partial charge on any atom is 0.264 e. The monoisotopic (exact) mass is 424 g/mol. The minimum Gasteiger partial charge on any atom is -0.493 e. The summed E-state index contributed by atoms with van der Waals surface area (Å²) < 4.78 is 16.2. The average molecular weight is 425 g/mol. The fourth-order valence-electron chi connectivity index (χ4n) is 3.91. The van der Waals surface area contributed by atoms with Gasteiger partial charge in [-0.1, -0.05) is 24.3 Å². The first kappa shape index (κ1) is 21.0. The molecule has 3 aromatic rings. The van der Waals surface area contributed by atoms with Crippen LogP contribution in [-0.2, 0) is 13.1 Å². The van der Waals surface area contributed by atoms with E-state index in [-0.39, 0.29) is 5.56 Å². The van der Waals surface area contributed by atoms with Crippen LogP contribution in [0.1, 0.15) is 17.5 Å². The van der Waals surface area contributed by atoms with Gasteiger partial charge in [-0.05, 0) is 30.6 Å². The predicted molar refractivity (Wildman–Crippen MR) is 120 cm³/mol. The minimum atomic E-state index is -0.295. The molecule has 1 N–H and O–H groups in total. The van der Waals surface area contributed by atoms with Crippen LogP contribution in [0.3, 0.4) is 0 Å². The number of methoxy groups -OCH3 is 3. The Bertz CT molecular complexity index is 1140. The molecule has 1 fully saturated rings. The van der Waals surface area contributed by atoms with Crippen LogP contribution in [0.2, 0.25) is 0 Å². The van der Waals surface area contributed by atoms with Crippen molar-refractivity contribution in [3.63, 3.8) is 0 Å². The number of aromatic amines is 1. The Labute approximate surface area is 181 Å². The molecule has 0 aliphatic carbocycles. The summed E-state index contributed by atoms with van der Waals surface area (Å²) in [5, 5.41) is 0.328. The number of aromatic nitrogens is 2. The average Bonchev–Trinajstić information content (AvgIpc) is 2.74. The van der Waals surface area contributed by atoms with Crippen LogP contribution >= 0.6 is 0 Å². The van der Waals surface area contributed by atoms with Gasteiger partial charge in [0.05, 0.1) is 26.8 Å². The zero-order chi connectivity index (χ0) is 22.0. The van der Waals surface area contributed by atoms with Crippen molar-refractivity contribution in [1.82, 2.24) is 14.9 Å². The Morgan fingerprint density at radius 3 is 2.45 bits per heavy atom. The van der Waals surface area contributed by atoms with Crippen molar-refractivity contribution in [2.75, 3.05) is 46.4 Å². The number of nitrogens with zero attached hydrogens (tertiary/aromatic N) is 3. The van der Waals surface area contributed by atoms with E-state index in [1.54, 1.807) is 6.07 Å². The molecule has 1 aliphatic rings. The van der Waals surface area contributed by atoms with Crippen LogP contribution in [0.15, 0.2) is 35.1 Å². The molecule has 8 nitrogen and oxygen atoms in total. The number of rotatable bonds is 8. The maximum absolute atomic E-state index is 12.9. The van der Waals surface area contributed by atoms with Gasteiger partial charge in [-0.25, -0.2) is 4.98 Å². The van der Waals surface area contributed by atoms with Crippen molar-refractivity contribution in [2.24, 2.45) is 0 Å². The molecule has 164 valence electrons. The van der Waals surface area contributed by atoms with E-state index in [1.165, 1.54) is 46.4 Å². The van der Waals surface area contributed by atoms with E-state index in [0.29, 0.717) is 40.6 Å². The van der Waals surface area contributed by atoms with E-state index in [0.717, 1.165) is 12.1 Å². The first-order valence-electron chi connectivity index (χ1n) is 10.3. The second-order valence-corrected chi connectivity index (χ2v) is 7.73. The highest BCUT2D eigenvalue weighted by atomic mass is 16.5. The van der Waals surface area contributed by atoms with Crippen molar-refractivity contribution in [3.8, 4) is 17.2 Å². The lowest BCUT2D eigenvalue weighted by Crippen LogP contribution is -2.36. The summed E-state index contributed by atoms with van der Waals surface area (Å²) in [4.78, 5) is 24.8. The SMILES string of the molecule is COc1cc2nc(N(C)Cc3cccc(CN4CCC4)c3)[nH]c(=O)c2c(OC)c1OC. The number of hydrogen-bond donors (Lipinski definition) is 1. The standard InChI is InChI=1S/C23H28N4O4/c1-26(13-15-7-5-8-16(11-15)14-27-9-6-10-27)23-24-17-12-18(29-2)20(30-3)21(31-4)19(17)22(28)25-23/h5,7-8,11-12H,6,9-10,13-14H2,1-4H3,(H,24,25,28). The maximum atomic E-state index is 12.9. The summed E-state index contributed by atoms with van der Waals surface area (Å²) in [6.07, 6.45) is 1.28. The van der Waals surface area contributed by atoms with Crippen LogP contribution in [0.4, 0.5) is 5.95 Å². The molecule has 1 aromatic heterocycles. The normalized spacial score (nSPS) is 13.7. The molecule has 1 saturated heterocycles. The second-order valence-electron chi connectivity index (χ2n) is 7.73. The van der Waals surface area contributed by atoms with E-state index in [2.05, 4.69) is 39.1 Å². The molecule has 0 amide bonds. The molecule has 0 spiro atoms. The van der Waals surface area contributed by atoms with Gasteiger partial charge in [0.25, 0.3) is 5.56 Å². The molecular weight excluding hydrogens is 396 g/mol. The van der Waals surface area contributed by atoms with E-state index < -0.39 is 0 Å². The number of hydrogen-bond acceptors (Lipinski definition) is 7. The van der Waals surface area contributed by atoms with Gasteiger partial charge in [0, 0.05) is 26.2 Å². The molecule has 2 aromatic carbocycles. The van der Waals surface area contributed by atoms with Crippen LogP contribution in [-0.4, -0.2) is 56.3 Å². The summed E-state index contributed by atoms with van der Waals surface area (Å²) in [6, 6.07) is 10.2. The van der Waals surface area contributed by atoms with Crippen LogP contribution in [0, 0.1) is 0 Å². The van der Waals surface area contributed by atoms with E-state index in [9.17, 15) is 4.79 Å². The zero-order valence-electron chi connectivity index (χ0n) is 18.4. The number of H-pyrrole nitrogens is 1. The van der Waals surface area contributed by atoms with Crippen molar-refractivity contribution < 1.29 is 14.2 Å². The number of benzene rings is 2. The van der Waals surface area contributed by atoms with E-state index in [1.807, 2.05) is 11.9 Å². The highest BCUT2D eigenvalue weighted by Gasteiger charge is 2.21. The summed E-state index contributed by atoms with van der Waals surface area (Å²) in [5.41, 5.74) is 2.64. The molecule has 0 unspecified atom stereocenters. The topological polar surface area (TPSA) is 79.9 Å². The molecule has 1 aliphatic heterocycles. The molecule has 0 bridgehead atoms. The summed E-state index contributed by atoms with van der Waals surface area (Å²) in [7, 11) is 6.44. The number of nitrogens with one attached hydrogen (secondary N) is 1. The Hall–Kier alpha value is -3.26. The quantitative estimate of drug-likeness (QED) is 0.596. The van der Waals surface area contributed by atoms with Gasteiger partial charge >= 0.3 is 0 Å². The highest BCUT2D eigenvalue weighted by molar-refractivity contribution is 5.90. The van der Waals surface area contributed by atoms with Gasteiger partial charge in [0.2, 0.25) is 11.7 Å². The van der Waals surface area contributed by atoms with E-state index >= 15 is 0 Å². The Balaban J connectivity index is 1.65. The smallest absolute Gasteiger partial charge is 0.264 e. The predicted octanol–water partition coefficient (Wildman–Crippen LogP) is 2.79. The van der Waals surface area contributed by atoms with Crippen molar-refractivity contribution in [3.05, 3.63) is 51.8 Å². The Morgan fingerprint density at radius 1 is 1.06 bits per heavy atom. The molecule has 0 saturated carbocycles. The molecule has 2 heterocycles. The van der Waals surface area contributed by atoms with E-state index in [4.69, 9.17) is 14.2 Å². The fraction of sp³-hybridized carbons (Fsp3) is 0.391. The zero-order valence-corrected chi connectivity index (χ0v) is 18.4. The summed E-state index contributed by atoms with van der Waals surface area (Å²) in [6.45, 7) is 3.94. The largest absolute Gasteiger partial charge is 0.493 e. The second kappa shape index (κ2) is 8.85. The lowest BCUT2D eigenvalue weighted by Gasteiger charge is -2.30. The number of ether oxygens (including phenoxy) is 3. The van der Waals surface area contributed by atoms with Gasteiger partial charge in [-0.2, -0.15) is 0 Å². The summed E-state index contributed by atoms with van der Waals surface area (Å²) in [5.74, 6) is 1.60. The lowest BCUT2D eigenvalue weighted by atomic mass is 10.1. The molecule has 0 atom stereocenters. The molecule has 31 heavy (non-hydrogen) atoms. The third-order valence-electron chi connectivity index (χ3n) is 5.62. The molecule has 0 radical (unpaired) electrons. The highest BCUT2D eigenvalue weighted by Crippen LogP contribution is 2.41. The van der Waals surface area contributed by atoms with Crippen LogP contribution < -0.4 is 24.7 Å². The molecule has 4 rings (SSSR count). The van der Waals surface area contributed by atoms with Crippen molar-refractivity contribution >= 4 is 16.9 Å². The molecule has 8 heteroatoms. The first-order chi connectivity index (χ1) is 15.0. The third kappa shape index (κ3) is 4.16. The first-order valence-corrected chi connectivity index (χ1v) is 10.3. The number of likely N-dealkylation sites (tertiary alicyclic amines) is 1. The molecular formula is C23H28N4O4. The van der Waals surface area contributed by atoms with Crippen LogP contribution in [0.5, 0.6) is 17.2 Å². The Kier molecular flexibility index (Phi) is 5.99. The third-order valence-corrected chi connectivity index (χ3v) is 5.62.